The molecule has 0 saturated carbocycles. The van der Waals surface area contributed by atoms with Crippen molar-refractivity contribution >= 4 is 21.8 Å². The number of hydrogen-bond donors (Lipinski definition) is 1. The number of aliphatic hydroxyl groups excluding tert-OH is 1. The number of pyridine rings is 1. The summed E-state index contributed by atoms with van der Waals surface area (Å²) in [6.45, 7) is -1.24. The van der Waals surface area contributed by atoms with Crippen LogP contribution in [0.2, 0.25) is 0 Å². The summed E-state index contributed by atoms with van der Waals surface area (Å²) < 4.78 is 25.0. The van der Waals surface area contributed by atoms with Crippen molar-refractivity contribution in [3.8, 4) is 0 Å². The number of rotatable bonds is 5. The molecular weight excluding hydrogens is 298 g/mol. The standard InChI is InChI=1S/C10H11BrF2N2O2/c11-7-2-1-3-14-9(7)10(17)15(4-5-16)6-8(12)13/h1-3,8,16H,4-6H2. The second-order valence-corrected chi connectivity index (χ2v) is 4.05. The number of carbonyl (C=O) groups excluding carboxylic acids is 1. The Morgan fingerprint density at radius 1 is 1.59 bits per heavy atom. The second kappa shape index (κ2) is 6.61. The number of amides is 1. The maximum absolute atomic E-state index is 12.3. The number of aliphatic hydroxyl groups is 1. The Balaban J connectivity index is 2.88. The minimum absolute atomic E-state index is 0.0570. The maximum atomic E-state index is 12.3. The number of aromatic nitrogens is 1. The van der Waals surface area contributed by atoms with Gasteiger partial charge in [0.15, 0.2) is 0 Å². The lowest BCUT2D eigenvalue weighted by atomic mass is 10.3. The normalized spacial score (nSPS) is 10.6. The summed E-state index contributed by atoms with van der Waals surface area (Å²) in [6, 6.07) is 3.21. The van der Waals surface area contributed by atoms with Crippen LogP contribution in [0.1, 0.15) is 10.5 Å². The zero-order chi connectivity index (χ0) is 12.8. The van der Waals surface area contributed by atoms with Gasteiger partial charge in [-0.2, -0.15) is 0 Å². The molecule has 0 radical (unpaired) electrons. The second-order valence-electron chi connectivity index (χ2n) is 3.20. The molecule has 0 bridgehead atoms. The largest absolute Gasteiger partial charge is 0.395 e. The topological polar surface area (TPSA) is 53.4 Å². The van der Waals surface area contributed by atoms with Crippen LogP contribution in [0.3, 0.4) is 0 Å². The van der Waals surface area contributed by atoms with E-state index in [2.05, 4.69) is 20.9 Å². The first kappa shape index (κ1) is 14.0. The molecule has 7 heteroatoms. The molecule has 17 heavy (non-hydrogen) atoms. The third-order valence-electron chi connectivity index (χ3n) is 1.98. The molecule has 0 fully saturated rings. The summed E-state index contributed by atoms with van der Waals surface area (Å²) in [5.41, 5.74) is 0.0570. The number of halogens is 3. The van der Waals surface area contributed by atoms with Crippen LogP contribution < -0.4 is 0 Å². The molecule has 1 amide bonds. The lowest BCUT2D eigenvalue weighted by molar-refractivity contribution is 0.0503. The van der Waals surface area contributed by atoms with E-state index < -0.39 is 18.9 Å². The van der Waals surface area contributed by atoms with E-state index in [9.17, 15) is 13.6 Å². The highest BCUT2D eigenvalue weighted by Gasteiger charge is 2.21. The van der Waals surface area contributed by atoms with Crippen LogP contribution >= 0.6 is 15.9 Å². The molecule has 0 aliphatic rings. The zero-order valence-corrected chi connectivity index (χ0v) is 10.4. The Kier molecular flexibility index (Phi) is 5.43. The van der Waals surface area contributed by atoms with Crippen molar-refractivity contribution in [3.05, 3.63) is 28.5 Å². The van der Waals surface area contributed by atoms with Gasteiger partial charge in [-0.15, -0.1) is 0 Å². The summed E-state index contributed by atoms with van der Waals surface area (Å²) in [7, 11) is 0. The van der Waals surface area contributed by atoms with Gasteiger partial charge in [-0.05, 0) is 28.1 Å². The quantitative estimate of drug-likeness (QED) is 0.898. The molecule has 0 spiro atoms. The van der Waals surface area contributed by atoms with Crippen LogP contribution in [0.5, 0.6) is 0 Å². The van der Waals surface area contributed by atoms with Gasteiger partial charge in [-0.3, -0.25) is 4.79 Å². The van der Waals surface area contributed by atoms with Gasteiger partial charge in [-0.1, -0.05) is 0 Å². The summed E-state index contributed by atoms with van der Waals surface area (Å²) in [6.07, 6.45) is -1.25. The van der Waals surface area contributed by atoms with Crippen LogP contribution in [0.4, 0.5) is 8.78 Å². The van der Waals surface area contributed by atoms with Crippen molar-refractivity contribution in [3.63, 3.8) is 0 Å². The third-order valence-corrected chi connectivity index (χ3v) is 2.62. The number of hydrogen-bond acceptors (Lipinski definition) is 3. The first-order chi connectivity index (χ1) is 8.06. The van der Waals surface area contributed by atoms with Gasteiger partial charge in [0.25, 0.3) is 12.3 Å². The van der Waals surface area contributed by atoms with E-state index in [4.69, 9.17) is 5.11 Å². The minimum Gasteiger partial charge on any atom is -0.395 e. The molecule has 1 aromatic heterocycles. The minimum atomic E-state index is -2.65. The van der Waals surface area contributed by atoms with Gasteiger partial charge < -0.3 is 10.0 Å². The Morgan fingerprint density at radius 3 is 2.82 bits per heavy atom. The number of alkyl halides is 2. The van der Waals surface area contributed by atoms with E-state index in [0.29, 0.717) is 4.47 Å². The number of carbonyl (C=O) groups is 1. The summed E-state index contributed by atoms with van der Waals surface area (Å²) in [5.74, 6) is -0.633. The first-order valence-electron chi connectivity index (χ1n) is 4.85. The fourth-order valence-electron chi connectivity index (χ4n) is 1.26. The smallest absolute Gasteiger partial charge is 0.273 e. The molecule has 1 aromatic rings. The Morgan fingerprint density at radius 2 is 2.29 bits per heavy atom. The fraction of sp³-hybridized carbons (Fsp3) is 0.400. The van der Waals surface area contributed by atoms with E-state index in [-0.39, 0.29) is 18.8 Å². The lowest BCUT2D eigenvalue weighted by Crippen LogP contribution is -2.37. The molecule has 4 nitrogen and oxygen atoms in total. The molecule has 1 N–H and O–H groups in total. The summed E-state index contributed by atoms with van der Waals surface area (Å²) in [5, 5.41) is 8.74. The molecule has 1 rings (SSSR count). The van der Waals surface area contributed by atoms with Gasteiger partial charge in [0.1, 0.15) is 5.69 Å². The highest BCUT2D eigenvalue weighted by molar-refractivity contribution is 9.10. The van der Waals surface area contributed by atoms with Gasteiger partial charge >= 0.3 is 0 Å². The van der Waals surface area contributed by atoms with Gasteiger partial charge in [-0.25, -0.2) is 13.8 Å². The number of nitrogens with zero attached hydrogens (tertiary/aromatic N) is 2. The molecule has 1 heterocycles. The lowest BCUT2D eigenvalue weighted by Gasteiger charge is -2.21. The molecule has 0 saturated heterocycles. The Labute approximate surface area is 105 Å². The van der Waals surface area contributed by atoms with E-state index in [0.717, 1.165) is 4.90 Å². The van der Waals surface area contributed by atoms with Crippen molar-refractivity contribution in [2.75, 3.05) is 19.7 Å². The summed E-state index contributed by atoms with van der Waals surface area (Å²) >= 11 is 3.12. The van der Waals surface area contributed by atoms with Gasteiger partial charge in [0, 0.05) is 17.2 Å². The van der Waals surface area contributed by atoms with Gasteiger partial charge in [0.2, 0.25) is 0 Å². The van der Waals surface area contributed by atoms with Crippen LogP contribution in [0.15, 0.2) is 22.8 Å². The molecule has 0 atom stereocenters. The van der Waals surface area contributed by atoms with E-state index >= 15 is 0 Å². The zero-order valence-electron chi connectivity index (χ0n) is 8.81. The highest BCUT2D eigenvalue weighted by atomic mass is 79.9. The van der Waals surface area contributed by atoms with Crippen molar-refractivity contribution in [2.24, 2.45) is 0 Å². The van der Waals surface area contributed by atoms with Crippen molar-refractivity contribution in [2.45, 2.75) is 6.43 Å². The fourth-order valence-corrected chi connectivity index (χ4v) is 1.68. The Hall–Kier alpha value is -1.08. The van der Waals surface area contributed by atoms with Gasteiger partial charge in [0.05, 0.1) is 13.2 Å². The van der Waals surface area contributed by atoms with Crippen LogP contribution in [-0.2, 0) is 0 Å². The average Bonchev–Trinajstić information content (AvgIpc) is 2.28. The first-order valence-corrected chi connectivity index (χ1v) is 5.64. The van der Waals surface area contributed by atoms with E-state index in [1.54, 1.807) is 12.1 Å². The highest BCUT2D eigenvalue weighted by Crippen LogP contribution is 2.15. The molecule has 94 valence electrons. The predicted molar refractivity (Wildman–Crippen MR) is 60.9 cm³/mol. The molecule has 0 aliphatic carbocycles. The maximum Gasteiger partial charge on any atom is 0.273 e. The average molecular weight is 309 g/mol. The third kappa shape index (κ3) is 4.01. The van der Waals surface area contributed by atoms with Crippen LogP contribution in [0.25, 0.3) is 0 Å². The molecule has 0 unspecified atom stereocenters. The molecular formula is C10H11BrF2N2O2. The summed E-state index contributed by atoms with van der Waals surface area (Å²) in [4.78, 5) is 16.6. The van der Waals surface area contributed by atoms with Crippen LogP contribution in [-0.4, -0.2) is 47.0 Å². The van der Waals surface area contributed by atoms with E-state index in [1.165, 1.54) is 6.20 Å². The monoisotopic (exact) mass is 308 g/mol. The van der Waals surface area contributed by atoms with Crippen LogP contribution in [0, 0.1) is 0 Å². The van der Waals surface area contributed by atoms with E-state index in [1.807, 2.05) is 0 Å². The van der Waals surface area contributed by atoms with Crippen molar-refractivity contribution in [1.82, 2.24) is 9.88 Å². The predicted octanol–water partition coefficient (Wildman–Crippen LogP) is 1.54. The molecule has 0 aromatic carbocycles. The van der Waals surface area contributed by atoms with Crippen molar-refractivity contribution in [1.29, 1.82) is 0 Å². The Bertz CT molecular complexity index is 390. The SMILES string of the molecule is O=C(c1ncccc1Br)N(CCO)CC(F)F. The molecule has 0 aliphatic heterocycles. The van der Waals surface area contributed by atoms with Crippen molar-refractivity contribution < 1.29 is 18.7 Å².